The average molecular weight is 299 g/mol. The zero-order valence-corrected chi connectivity index (χ0v) is 13.4. The third-order valence-electron chi connectivity index (χ3n) is 3.90. The van der Waals surface area contributed by atoms with E-state index in [2.05, 4.69) is 31.1 Å². The molecular formula is C14H25N3O2S. The molecule has 0 bridgehead atoms. The van der Waals surface area contributed by atoms with Crippen LogP contribution in [0.2, 0.25) is 0 Å². The lowest BCUT2D eigenvalue weighted by atomic mass is 9.86. The van der Waals surface area contributed by atoms with Crippen molar-refractivity contribution < 1.29 is 8.42 Å². The highest BCUT2D eigenvalue weighted by molar-refractivity contribution is 7.91. The van der Waals surface area contributed by atoms with Crippen molar-refractivity contribution in [3.8, 4) is 0 Å². The molecule has 1 fully saturated rings. The Kier molecular flexibility index (Phi) is 4.54. The Hall–Kier alpha value is -0.880. The molecular weight excluding hydrogens is 274 g/mol. The normalized spacial score (nSPS) is 24.4. The minimum absolute atomic E-state index is 0.0610. The first-order chi connectivity index (χ1) is 9.26. The first-order valence-corrected chi connectivity index (χ1v) is 9.01. The van der Waals surface area contributed by atoms with Crippen LogP contribution in [0.1, 0.15) is 33.6 Å². The van der Waals surface area contributed by atoms with Crippen LogP contribution in [-0.4, -0.2) is 41.6 Å². The lowest BCUT2D eigenvalue weighted by Gasteiger charge is -2.36. The largest absolute Gasteiger partial charge is 0.336 e. The molecule has 1 aliphatic rings. The second-order valence-corrected chi connectivity index (χ2v) is 9.03. The van der Waals surface area contributed by atoms with Crippen LogP contribution in [0.4, 0.5) is 0 Å². The average Bonchev–Trinajstić information content (AvgIpc) is 2.78. The summed E-state index contributed by atoms with van der Waals surface area (Å²) in [5.74, 6) is 0.608. The van der Waals surface area contributed by atoms with Gasteiger partial charge in [-0.1, -0.05) is 20.8 Å². The summed E-state index contributed by atoms with van der Waals surface area (Å²) >= 11 is 0. The van der Waals surface area contributed by atoms with Gasteiger partial charge in [-0.05, 0) is 18.3 Å². The van der Waals surface area contributed by atoms with Crippen molar-refractivity contribution >= 4 is 9.84 Å². The van der Waals surface area contributed by atoms with Gasteiger partial charge in [-0.3, -0.25) is 0 Å². The van der Waals surface area contributed by atoms with Crippen molar-refractivity contribution in [3.05, 3.63) is 18.7 Å². The third-order valence-corrected chi connectivity index (χ3v) is 5.72. The third kappa shape index (κ3) is 4.31. The Labute approximate surface area is 121 Å². The summed E-state index contributed by atoms with van der Waals surface area (Å²) < 4.78 is 25.5. The SMILES string of the molecule is CC(C)(C)C(Cn1ccnc1)NC1CCCS(=O)(=O)C1. The van der Waals surface area contributed by atoms with Crippen LogP contribution in [0.25, 0.3) is 0 Å². The van der Waals surface area contributed by atoms with E-state index in [9.17, 15) is 8.42 Å². The minimum Gasteiger partial charge on any atom is -0.336 e. The molecule has 2 unspecified atom stereocenters. The highest BCUT2D eigenvalue weighted by atomic mass is 32.2. The molecule has 0 saturated carbocycles. The van der Waals surface area contributed by atoms with Crippen LogP contribution < -0.4 is 5.32 Å². The Balaban J connectivity index is 2.04. The topological polar surface area (TPSA) is 64.0 Å². The second kappa shape index (κ2) is 5.85. The van der Waals surface area contributed by atoms with Gasteiger partial charge in [0.1, 0.15) is 0 Å². The Morgan fingerprint density at radius 3 is 2.75 bits per heavy atom. The summed E-state index contributed by atoms with van der Waals surface area (Å²) in [5.41, 5.74) is 0.0610. The van der Waals surface area contributed by atoms with Gasteiger partial charge >= 0.3 is 0 Å². The van der Waals surface area contributed by atoms with Crippen molar-refractivity contribution in [2.75, 3.05) is 11.5 Å². The summed E-state index contributed by atoms with van der Waals surface area (Å²) in [4.78, 5) is 4.07. The van der Waals surface area contributed by atoms with E-state index in [4.69, 9.17) is 0 Å². The van der Waals surface area contributed by atoms with Crippen molar-refractivity contribution in [2.45, 2.75) is 52.2 Å². The summed E-state index contributed by atoms with van der Waals surface area (Å²) in [6.45, 7) is 7.34. The van der Waals surface area contributed by atoms with Crippen LogP contribution in [0, 0.1) is 5.41 Å². The van der Waals surface area contributed by atoms with Gasteiger partial charge in [-0.25, -0.2) is 13.4 Å². The smallest absolute Gasteiger partial charge is 0.151 e. The molecule has 1 saturated heterocycles. The van der Waals surface area contributed by atoms with Gasteiger partial charge in [0.2, 0.25) is 0 Å². The van der Waals surface area contributed by atoms with Crippen molar-refractivity contribution in [1.82, 2.24) is 14.9 Å². The first-order valence-electron chi connectivity index (χ1n) is 7.18. The van der Waals surface area contributed by atoms with Crippen LogP contribution in [0.5, 0.6) is 0 Å². The summed E-state index contributed by atoms with van der Waals surface area (Å²) in [5, 5.41) is 3.56. The molecule has 0 radical (unpaired) electrons. The van der Waals surface area contributed by atoms with Gasteiger partial charge in [0.25, 0.3) is 0 Å². The van der Waals surface area contributed by atoms with Gasteiger partial charge < -0.3 is 9.88 Å². The number of hydrogen-bond donors (Lipinski definition) is 1. The van der Waals surface area contributed by atoms with Gasteiger partial charge in [0, 0.05) is 31.0 Å². The van der Waals surface area contributed by atoms with E-state index in [0.29, 0.717) is 5.75 Å². The fourth-order valence-corrected chi connectivity index (χ4v) is 4.27. The molecule has 0 spiro atoms. The minimum atomic E-state index is -2.87. The summed E-state index contributed by atoms with van der Waals surface area (Å²) in [6, 6.07) is 0.288. The number of nitrogens with one attached hydrogen (secondary N) is 1. The molecule has 0 aliphatic carbocycles. The standard InChI is InChI=1S/C14H25N3O2S/c1-14(2,3)13(9-17-7-6-15-11-17)16-12-5-4-8-20(18,19)10-12/h6-7,11-13,16H,4-5,8-10H2,1-3H3. The zero-order chi connectivity index (χ0) is 14.8. The highest BCUT2D eigenvalue weighted by Crippen LogP contribution is 2.23. The number of hydrogen-bond acceptors (Lipinski definition) is 4. The van der Waals surface area contributed by atoms with Crippen molar-refractivity contribution in [1.29, 1.82) is 0 Å². The number of rotatable bonds is 4. The van der Waals surface area contributed by atoms with E-state index >= 15 is 0 Å². The van der Waals surface area contributed by atoms with Crippen LogP contribution in [0.3, 0.4) is 0 Å². The van der Waals surface area contributed by atoms with Crippen molar-refractivity contribution in [3.63, 3.8) is 0 Å². The molecule has 0 aromatic carbocycles. The van der Waals surface area contributed by atoms with Crippen molar-refractivity contribution in [2.24, 2.45) is 5.41 Å². The Morgan fingerprint density at radius 1 is 1.45 bits per heavy atom. The van der Waals surface area contributed by atoms with Gasteiger partial charge in [0.15, 0.2) is 9.84 Å². The lowest BCUT2D eigenvalue weighted by Crippen LogP contribution is -2.51. The zero-order valence-electron chi connectivity index (χ0n) is 12.5. The molecule has 1 N–H and O–H groups in total. The number of sulfone groups is 1. The van der Waals surface area contributed by atoms with E-state index in [-0.39, 0.29) is 23.3 Å². The predicted molar refractivity (Wildman–Crippen MR) is 80.3 cm³/mol. The maximum Gasteiger partial charge on any atom is 0.151 e. The maximum atomic E-state index is 11.8. The fraction of sp³-hybridized carbons (Fsp3) is 0.786. The Bertz CT molecular complexity index is 517. The van der Waals surface area contributed by atoms with E-state index in [1.54, 1.807) is 12.5 Å². The summed E-state index contributed by atoms with van der Waals surface area (Å²) in [6.07, 6.45) is 7.22. The number of aromatic nitrogens is 2. The Morgan fingerprint density at radius 2 is 2.20 bits per heavy atom. The number of imidazole rings is 1. The van der Waals surface area contributed by atoms with E-state index in [1.165, 1.54) is 0 Å². The van der Waals surface area contributed by atoms with Crippen LogP contribution >= 0.6 is 0 Å². The molecule has 6 heteroatoms. The lowest BCUT2D eigenvalue weighted by molar-refractivity contribution is 0.221. The fourth-order valence-electron chi connectivity index (χ4n) is 2.62. The van der Waals surface area contributed by atoms with Crippen LogP contribution in [-0.2, 0) is 16.4 Å². The summed E-state index contributed by atoms with van der Waals surface area (Å²) in [7, 11) is -2.87. The molecule has 5 nitrogen and oxygen atoms in total. The van der Waals surface area contributed by atoms with Gasteiger partial charge in [-0.15, -0.1) is 0 Å². The molecule has 2 atom stereocenters. The van der Waals surface area contributed by atoms with E-state index in [1.807, 2.05) is 10.8 Å². The molecule has 1 aliphatic heterocycles. The monoisotopic (exact) mass is 299 g/mol. The molecule has 20 heavy (non-hydrogen) atoms. The molecule has 1 aromatic heterocycles. The van der Waals surface area contributed by atoms with E-state index in [0.717, 1.165) is 19.4 Å². The highest BCUT2D eigenvalue weighted by Gasteiger charge is 2.31. The molecule has 2 rings (SSSR count). The second-order valence-electron chi connectivity index (χ2n) is 6.80. The molecule has 0 amide bonds. The van der Waals surface area contributed by atoms with Gasteiger partial charge in [0.05, 0.1) is 17.8 Å². The molecule has 2 heterocycles. The quantitative estimate of drug-likeness (QED) is 0.914. The number of nitrogens with zero attached hydrogens (tertiary/aromatic N) is 2. The first kappa shape index (κ1) is 15.5. The van der Waals surface area contributed by atoms with Gasteiger partial charge in [-0.2, -0.15) is 0 Å². The maximum absolute atomic E-state index is 11.8. The predicted octanol–water partition coefficient (Wildman–Crippen LogP) is 1.46. The molecule has 114 valence electrons. The molecule has 1 aromatic rings. The van der Waals surface area contributed by atoms with E-state index < -0.39 is 9.84 Å². The van der Waals surface area contributed by atoms with Crippen LogP contribution in [0.15, 0.2) is 18.7 Å².